The Bertz CT molecular complexity index is 2320. The first-order chi connectivity index (χ1) is 27.0. The largest absolute Gasteiger partial charge is 0.491 e. The molecule has 0 bridgehead atoms. The molecule has 0 radical (unpaired) electrons. The Morgan fingerprint density at radius 1 is 0.455 bits per heavy atom. The van der Waals surface area contributed by atoms with E-state index in [4.69, 9.17) is 37.9 Å². The Morgan fingerprint density at radius 2 is 0.782 bits per heavy atom. The van der Waals surface area contributed by atoms with E-state index in [2.05, 4.69) is 0 Å². The molecular formula is C44H38O10S. The summed E-state index contributed by atoms with van der Waals surface area (Å²) in [7, 11) is -4.32. The summed E-state index contributed by atoms with van der Waals surface area (Å²) in [5.41, 5.74) is 2.41. The molecule has 4 fully saturated rings. The first-order valence-electron chi connectivity index (χ1n) is 18.5. The van der Waals surface area contributed by atoms with Gasteiger partial charge in [-0.3, -0.25) is 0 Å². The first-order valence-corrected chi connectivity index (χ1v) is 20.0. The summed E-state index contributed by atoms with van der Waals surface area (Å²) in [5, 5.41) is 2.47. The third kappa shape index (κ3) is 7.33. The number of ether oxygens (including phenoxy) is 8. The fraction of sp³-hybridized carbons (Fsp3) is 0.273. The minimum atomic E-state index is -4.32. The minimum absolute atomic E-state index is 0.0115. The van der Waals surface area contributed by atoms with Gasteiger partial charge >= 0.3 is 0 Å². The molecule has 4 unspecified atom stereocenters. The lowest BCUT2D eigenvalue weighted by atomic mass is 9.99. The zero-order valence-corrected chi connectivity index (χ0v) is 30.7. The van der Waals surface area contributed by atoms with E-state index in [1.807, 2.05) is 109 Å². The lowest BCUT2D eigenvalue weighted by molar-refractivity contribution is 0.263. The molecule has 0 spiro atoms. The summed E-state index contributed by atoms with van der Waals surface area (Å²) >= 11 is 0. The van der Waals surface area contributed by atoms with Crippen molar-refractivity contribution in [2.45, 2.75) is 34.2 Å². The molecule has 0 aromatic heterocycles. The summed E-state index contributed by atoms with van der Waals surface area (Å²) in [5.74, 6) is 2.50. The summed E-state index contributed by atoms with van der Waals surface area (Å²) < 4.78 is 78.0. The van der Waals surface area contributed by atoms with Crippen LogP contribution in [0.5, 0.6) is 23.0 Å². The van der Waals surface area contributed by atoms with E-state index in [-0.39, 0.29) is 34.2 Å². The third-order valence-electron chi connectivity index (χ3n) is 10.1. The number of hydrogen-bond donors (Lipinski definition) is 0. The quantitative estimate of drug-likeness (QED) is 0.0933. The van der Waals surface area contributed by atoms with Crippen LogP contribution in [0.15, 0.2) is 119 Å². The van der Waals surface area contributed by atoms with Crippen LogP contribution in [-0.4, -0.2) is 85.7 Å². The number of rotatable bonds is 16. The van der Waals surface area contributed by atoms with Gasteiger partial charge in [-0.1, -0.05) is 72.8 Å². The molecule has 11 heteroatoms. The van der Waals surface area contributed by atoms with Crippen molar-refractivity contribution in [3.63, 3.8) is 0 Å². The van der Waals surface area contributed by atoms with Gasteiger partial charge in [-0.15, -0.1) is 0 Å². The molecule has 0 N–H and O–H groups in total. The normalized spacial score (nSPS) is 20.9. The Balaban J connectivity index is 1.17. The molecule has 4 atom stereocenters. The molecular weight excluding hydrogens is 721 g/mol. The van der Waals surface area contributed by atoms with Crippen molar-refractivity contribution >= 4 is 31.4 Å². The molecule has 6 aromatic rings. The third-order valence-corrected chi connectivity index (χ3v) is 12.1. The summed E-state index contributed by atoms with van der Waals surface area (Å²) in [6.07, 6.45) is 0.238. The Hall–Kier alpha value is -5.17. The van der Waals surface area contributed by atoms with E-state index in [0.29, 0.717) is 120 Å². The molecule has 0 saturated carbocycles. The highest BCUT2D eigenvalue weighted by molar-refractivity contribution is 7.92. The zero-order valence-electron chi connectivity index (χ0n) is 29.8. The maximum absolute atomic E-state index is 15.9. The van der Waals surface area contributed by atoms with Gasteiger partial charge < -0.3 is 37.9 Å². The highest BCUT2D eigenvalue weighted by Gasteiger charge is 2.33. The Labute approximate surface area is 318 Å². The summed E-state index contributed by atoms with van der Waals surface area (Å²) in [6.45, 7) is 4.30. The van der Waals surface area contributed by atoms with Gasteiger partial charge in [-0.25, -0.2) is 8.42 Å². The van der Waals surface area contributed by atoms with Gasteiger partial charge in [0.25, 0.3) is 0 Å². The van der Waals surface area contributed by atoms with Crippen LogP contribution in [0.4, 0.5) is 0 Å². The van der Waals surface area contributed by atoms with Crippen molar-refractivity contribution < 1.29 is 46.3 Å². The second-order valence-electron chi connectivity index (χ2n) is 14.2. The molecule has 0 amide bonds. The van der Waals surface area contributed by atoms with E-state index in [1.54, 1.807) is 0 Å². The highest BCUT2D eigenvalue weighted by atomic mass is 32.2. The van der Waals surface area contributed by atoms with Crippen LogP contribution in [0.1, 0.15) is 0 Å². The minimum Gasteiger partial charge on any atom is -0.491 e. The van der Waals surface area contributed by atoms with Gasteiger partial charge in [-0.2, -0.15) is 0 Å². The van der Waals surface area contributed by atoms with Crippen molar-refractivity contribution in [1.82, 2.24) is 0 Å². The van der Waals surface area contributed by atoms with Gasteiger partial charge in [-0.05, 0) is 47.5 Å². The van der Waals surface area contributed by atoms with Crippen LogP contribution in [0.3, 0.4) is 0 Å². The van der Waals surface area contributed by atoms with Crippen LogP contribution in [0.2, 0.25) is 0 Å². The number of benzene rings is 6. The molecule has 6 aromatic carbocycles. The molecule has 4 heterocycles. The van der Waals surface area contributed by atoms with E-state index in [0.717, 1.165) is 0 Å². The van der Waals surface area contributed by atoms with Crippen molar-refractivity contribution in [2.75, 3.05) is 52.9 Å². The SMILES string of the molecule is O=S(=O)(c1c(-c2ccc(OCC3CO3)cc2)cc(OCC2CO2)c2ccccc12)c1c(-c2ccc(OCC3CO3)cc2)cc(OCC2CO2)c2ccccc12. The molecule has 280 valence electrons. The van der Waals surface area contributed by atoms with Crippen LogP contribution < -0.4 is 18.9 Å². The fourth-order valence-corrected chi connectivity index (χ4v) is 8.91. The summed E-state index contributed by atoms with van der Waals surface area (Å²) in [4.78, 5) is 0.350. The number of epoxide rings is 4. The predicted molar refractivity (Wildman–Crippen MR) is 205 cm³/mol. The molecule has 0 aliphatic carbocycles. The molecule has 4 aliphatic heterocycles. The van der Waals surface area contributed by atoms with Gasteiger partial charge in [0, 0.05) is 32.7 Å². The Morgan fingerprint density at radius 3 is 1.13 bits per heavy atom. The molecule has 10 rings (SSSR count). The van der Waals surface area contributed by atoms with Gasteiger partial charge in [0.05, 0.1) is 36.2 Å². The second-order valence-corrected chi connectivity index (χ2v) is 16.0. The van der Waals surface area contributed by atoms with Gasteiger partial charge in [0.1, 0.15) is 73.8 Å². The maximum atomic E-state index is 15.9. The van der Waals surface area contributed by atoms with Crippen molar-refractivity contribution in [3.05, 3.63) is 109 Å². The van der Waals surface area contributed by atoms with Gasteiger partial charge in [0.15, 0.2) is 0 Å². The topological polar surface area (TPSA) is 121 Å². The molecule has 4 aliphatic rings. The second kappa shape index (κ2) is 14.2. The van der Waals surface area contributed by atoms with E-state index >= 15 is 8.42 Å². The molecule has 10 nitrogen and oxygen atoms in total. The van der Waals surface area contributed by atoms with Crippen molar-refractivity contribution in [3.8, 4) is 45.3 Å². The average molecular weight is 759 g/mol. The predicted octanol–water partition coefficient (Wildman–Crippen LogP) is 7.27. The van der Waals surface area contributed by atoms with E-state index < -0.39 is 9.84 Å². The van der Waals surface area contributed by atoms with Crippen molar-refractivity contribution in [2.24, 2.45) is 0 Å². The Kier molecular flexibility index (Phi) is 8.84. The number of fused-ring (bicyclic) bond motifs is 2. The number of hydrogen-bond acceptors (Lipinski definition) is 10. The summed E-state index contributed by atoms with van der Waals surface area (Å²) in [6, 6.07) is 33.7. The van der Waals surface area contributed by atoms with Crippen LogP contribution in [-0.2, 0) is 28.8 Å². The van der Waals surface area contributed by atoms with E-state index in [9.17, 15) is 0 Å². The van der Waals surface area contributed by atoms with Crippen LogP contribution >= 0.6 is 0 Å². The molecule has 55 heavy (non-hydrogen) atoms. The monoisotopic (exact) mass is 758 g/mol. The molecule has 4 saturated heterocycles. The number of sulfone groups is 1. The lowest BCUT2D eigenvalue weighted by Gasteiger charge is -2.22. The van der Waals surface area contributed by atoms with Crippen molar-refractivity contribution in [1.29, 1.82) is 0 Å². The zero-order chi connectivity index (χ0) is 36.9. The maximum Gasteiger partial charge on any atom is 0.209 e. The fourth-order valence-electron chi connectivity index (χ4n) is 6.84. The van der Waals surface area contributed by atoms with Crippen LogP contribution in [0, 0.1) is 0 Å². The standard InChI is InChI=1S/C44H38O10S/c45-55(46,43-37-7-3-1-5-35(37)41(53-25-33-23-51-33)17-39(43)27-9-13-29(14-10-27)47-19-31-21-49-31)44-38-8-4-2-6-36(38)42(54-26-34-24-52-34)18-40(44)28-11-15-30(16-12-28)48-20-32-22-50-32/h1-18,31-34H,19-26H2. The van der Waals surface area contributed by atoms with E-state index in [1.165, 1.54) is 0 Å². The average Bonchev–Trinajstić information content (AvgIpc) is 4.02. The van der Waals surface area contributed by atoms with Crippen LogP contribution in [0.25, 0.3) is 43.8 Å². The lowest BCUT2D eigenvalue weighted by Crippen LogP contribution is -2.11. The first kappa shape index (κ1) is 34.3. The van der Waals surface area contributed by atoms with Gasteiger partial charge in [0.2, 0.25) is 9.84 Å². The highest BCUT2D eigenvalue weighted by Crippen LogP contribution is 2.47. The smallest absolute Gasteiger partial charge is 0.209 e.